The minimum Gasteiger partial charge on any atom is -0.487 e. The van der Waals surface area contributed by atoms with Gasteiger partial charge >= 0.3 is 0 Å². The molecule has 5 aromatic rings. The predicted octanol–water partition coefficient (Wildman–Crippen LogP) is 7.02. The van der Waals surface area contributed by atoms with Gasteiger partial charge in [0.05, 0.1) is 11.2 Å². The zero-order valence-electron chi connectivity index (χ0n) is 28.4. The monoisotopic (exact) mass is 661 g/mol. The van der Waals surface area contributed by atoms with Crippen molar-refractivity contribution in [3.8, 4) is 11.9 Å². The van der Waals surface area contributed by atoms with Crippen LogP contribution >= 0.6 is 11.8 Å². The fraction of sp³-hybridized carbons (Fsp3) is 0.316. The lowest BCUT2D eigenvalue weighted by Gasteiger charge is -2.28. The van der Waals surface area contributed by atoms with Crippen molar-refractivity contribution in [1.29, 1.82) is 5.26 Å². The highest BCUT2D eigenvalue weighted by atomic mass is 32.2. The van der Waals surface area contributed by atoms with E-state index in [2.05, 4.69) is 79.1 Å². The van der Waals surface area contributed by atoms with Gasteiger partial charge in [-0.25, -0.2) is 4.98 Å². The van der Waals surface area contributed by atoms with E-state index in [1.165, 1.54) is 10.6 Å². The molecule has 2 aromatic heterocycles. The van der Waals surface area contributed by atoms with Gasteiger partial charge in [0.25, 0.3) is 0 Å². The largest absolute Gasteiger partial charge is 0.487 e. The molecule has 1 amide bonds. The lowest BCUT2D eigenvalue weighted by molar-refractivity contribution is 0.1000. The maximum absolute atomic E-state index is 11.8. The van der Waals surface area contributed by atoms with Gasteiger partial charge in [-0.15, -0.1) is 11.8 Å². The first-order valence-corrected chi connectivity index (χ1v) is 16.7. The number of hydrogen-bond acceptors (Lipinski definition) is 6. The molecular formula is C38H43N7O2S. The topological polar surface area (TPSA) is 130 Å². The van der Waals surface area contributed by atoms with Crippen LogP contribution in [-0.4, -0.2) is 39.8 Å². The Hall–Kier alpha value is -5.01. The average molecular weight is 662 g/mol. The molecule has 5 rings (SSSR count). The Morgan fingerprint density at radius 3 is 2.48 bits per heavy atom. The van der Waals surface area contributed by atoms with E-state index in [1.54, 1.807) is 19.2 Å². The average Bonchev–Trinajstić information content (AvgIpc) is 3.31. The normalized spacial score (nSPS) is 12.2. The number of guanidine groups is 1. The zero-order valence-corrected chi connectivity index (χ0v) is 29.2. The summed E-state index contributed by atoms with van der Waals surface area (Å²) in [6.45, 7) is 12.7. The standard InChI is InChI=1S/C38H43N7O2S/c1-37(2,3)48-34-30-19-29(47-22-28-16-15-26-9-7-8-10-31(26)44-28)17-18-32(30)45(21-25-11-13-27(14-12-25)35(40)46)33(34)20-38(4,5)23-42-36(41-6)43-24-39/h7-19H,20-23H2,1-6H3,(H2,40,46)(H2,41,42,43). The molecule has 248 valence electrons. The second kappa shape index (κ2) is 14.4. The van der Waals surface area contributed by atoms with Crippen molar-refractivity contribution in [1.82, 2.24) is 20.2 Å². The van der Waals surface area contributed by atoms with E-state index in [4.69, 9.17) is 20.7 Å². The third-order valence-corrected chi connectivity index (χ3v) is 9.17. The number of para-hydroxylation sites is 1. The number of nitriles is 1. The van der Waals surface area contributed by atoms with Crippen molar-refractivity contribution >= 4 is 45.4 Å². The van der Waals surface area contributed by atoms with E-state index >= 15 is 0 Å². The highest BCUT2D eigenvalue weighted by molar-refractivity contribution is 8.00. The van der Waals surface area contributed by atoms with Crippen LogP contribution in [0, 0.1) is 16.9 Å². The van der Waals surface area contributed by atoms with Crippen LogP contribution in [0.2, 0.25) is 0 Å². The number of nitrogens with one attached hydrogen (secondary N) is 2. The molecule has 9 nitrogen and oxygen atoms in total. The molecule has 48 heavy (non-hydrogen) atoms. The molecule has 0 saturated carbocycles. The number of primary amides is 1. The van der Waals surface area contributed by atoms with Gasteiger partial charge in [0.15, 0.2) is 6.19 Å². The summed E-state index contributed by atoms with van der Waals surface area (Å²) in [6, 6.07) is 26.0. The first kappa shape index (κ1) is 34.3. The summed E-state index contributed by atoms with van der Waals surface area (Å²) in [5, 5.41) is 17.3. The van der Waals surface area contributed by atoms with Crippen molar-refractivity contribution in [2.75, 3.05) is 13.6 Å². The Morgan fingerprint density at radius 2 is 1.79 bits per heavy atom. The van der Waals surface area contributed by atoms with Crippen LogP contribution < -0.4 is 21.1 Å². The molecule has 0 saturated heterocycles. The maximum Gasteiger partial charge on any atom is 0.248 e. The number of carbonyl (C=O) groups excluding carboxylic acids is 1. The van der Waals surface area contributed by atoms with Crippen LogP contribution in [0.4, 0.5) is 0 Å². The molecule has 0 aliphatic carbocycles. The van der Waals surface area contributed by atoms with Gasteiger partial charge in [-0.2, -0.15) is 5.26 Å². The van der Waals surface area contributed by atoms with E-state index in [0.717, 1.165) is 45.2 Å². The number of fused-ring (bicyclic) bond motifs is 2. The van der Waals surface area contributed by atoms with Gasteiger partial charge < -0.3 is 20.4 Å². The Morgan fingerprint density at radius 1 is 1.04 bits per heavy atom. The number of amides is 1. The van der Waals surface area contributed by atoms with Crippen molar-refractivity contribution in [3.05, 3.63) is 101 Å². The van der Waals surface area contributed by atoms with Gasteiger partial charge in [-0.05, 0) is 59.9 Å². The molecular weight excluding hydrogens is 619 g/mol. The SMILES string of the molecule is CN=C(NC#N)NCC(C)(C)Cc1c(SC(C)(C)C)c2cc(OCc3ccc4ccccc4n3)ccc2n1Cc1ccc(C(N)=O)cc1. The number of hydrogen-bond donors (Lipinski definition) is 3. The van der Waals surface area contributed by atoms with Crippen LogP contribution in [-0.2, 0) is 19.6 Å². The van der Waals surface area contributed by atoms with E-state index in [0.29, 0.717) is 31.2 Å². The summed E-state index contributed by atoms with van der Waals surface area (Å²) in [5.41, 5.74) is 11.0. The summed E-state index contributed by atoms with van der Waals surface area (Å²) < 4.78 is 8.67. The fourth-order valence-corrected chi connectivity index (χ4v) is 6.78. The highest BCUT2D eigenvalue weighted by Crippen LogP contribution is 2.44. The Bertz CT molecular complexity index is 2000. The molecule has 4 N–H and O–H groups in total. The van der Waals surface area contributed by atoms with Gasteiger partial charge in [-0.3, -0.25) is 15.1 Å². The summed E-state index contributed by atoms with van der Waals surface area (Å²) in [5.74, 6) is 0.765. The molecule has 10 heteroatoms. The van der Waals surface area contributed by atoms with E-state index in [1.807, 2.05) is 60.4 Å². The number of carbonyl (C=O) groups is 1. The zero-order chi connectivity index (χ0) is 34.5. The highest BCUT2D eigenvalue weighted by Gasteiger charge is 2.28. The van der Waals surface area contributed by atoms with Crippen LogP contribution in [0.5, 0.6) is 5.75 Å². The molecule has 0 atom stereocenters. The molecule has 0 spiro atoms. The molecule has 2 heterocycles. The number of aromatic nitrogens is 2. The van der Waals surface area contributed by atoms with Crippen LogP contribution in [0.15, 0.2) is 88.8 Å². The molecule has 0 fully saturated rings. The quantitative estimate of drug-likeness (QED) is 0.0456. The molecule has 0 aliphatic rings. The Balaban J connectivity index is 1.56. The van der Waals surface area contributed by atoms with Crippen molar-refractivity contribution in [2.24, 2.45) is 16.1 Å². The first-order chi connectivity index (χ1) is 22.9. The molecule has 3 aromatic carbocycles. The van der Waals surface area contributed by atoms with Crippen LogP contribution in [0.25, 0.3) is 21.8 Å². The minimum absolute atomic E-state index is 0.0655. The summed E-state index contributed by atoms with van der Waals surface area (Å²) in [7, 11) is 1.65. The number of thioether (sulfide) groups is 1. The number of nitrogens with two attached hydrogens (primary N) is 1. The molecule has 0 radical (unpaired) electrons. The molecule has 0 unspecified atom stereocenters. The van der Waals surface area contributed by atoms with Crippen LogP contribution in [0.3, 0.4) is 0 Å². The second-order valence-electron chi connectivity index (χ2n) is 13.6. The Kier molecular flexibility index (Phi) is 10.3. The third kappa shape index (κ3) is 8.47. The number of benzene rings is 3. The minimum atomic E-state index is -0.445. The summed E-state index contributed by atoms with van der Waals surface area (Å²) in [4.78, 5) is 21.9. The van der Waals surface area contributed by atoms with E-state index in [-0.39, 0.29) is 10.2 Å². The number of aliphatic imine (C=N–C) groups is 1. The molecule has 0 aliphatic heterocycles. The maximum atomic E-state index is 11.8. The fourth-order valence-electron chi connectivity index (χ4n) is 5.60. The van der Waals surface area contributed by atoms with Crippen LogP contribution in [0.1, 0.15) is 61.9 Å². The van der Waals surface area contributed by atoms with E-state index in [9.17, 15) is 4.79 Å². The van der Waals surface area contributed by atoms with Crippen molar-refractivity contribution < 1.29 is 9.53 Å². The smallest absolute Gasteiger partial charge is 0.248 e. The first-order valence-electron chi connectivity index (χ1n) is 15.9. The second-order valence-corrected chi connectivity index (χ2v) is 15.4. The number of pyridine rings is 1. The number of nitrogens with zero attached hydrogens (tertiary/aromatic N) is 4. The summed E-state index contributed by atoms with van der Waals surface area (Å²) in [6.07, 6.45) is 2.69. The number of ether oxygens (including phenoxy) is 1. The lowest BCUT2D eigenvalue weighted by Crippen LogP contribution is -2.41. The summed E-state index contributed by atoms with van der Waals surface area (Å²) >= 11 is 1.85. The predicted molar refractivity (Wildman–Crippen MR) is 195 cm³/mol. The van der Waals surface area contributed by atoms with Gasteiger partial charge in [0, 0.05) is 57.3 Å². The van der Waals surface area contributed by atoms with Gasteiger partial charge in [-0.1, -0.05) is 71.0 Å². The van der Waals surface area contributed by atoms with Crippen molar-refractivity contribution in [3.63, 3.8) is 0 Å². The van der Waals surface area contributed by atoms with Gasteiger partial charge in [0.2, 0.25) is 11.9 Å². The molecule has 0 bridgehead atoms. The Labute approximate surface area is 286 Å². The third-order valence-electron chi connectivity index (χ3n) is 7.90. The van der Waals surface area contributed by atoms with E-state index < -0.39 is 5.91 Å². The van der Waals surface area contributed by atoms with Crippen molar-refractivity contribution in [2.45, 2.75) is 63.8 Å². The van der Waals surface area contributed by atoms with Gasteiger partial charge in [0.1, 0.15) is 12.4 Å². The number of rotatable bonds is 11. The lowest BCUT2D eigenvalue weighted by atomic mass is 9.87.